The van der Waals surface area contributed by atoms with Gasteiger partial charge < -0.3 is 5.32 Å². The number of alkyl halides is 3. The number of nitrogens with one attached hydrogen (secondary N) is 1. The van der Waals surface area contributed by atoms with Gasteiger partial charge in [-0.25, -0.2) is 0 Å². The van der Waals surface area contributed by atoms with Crippen LogP contribution in [0.15, 0.2) is 30.3 Å². The fraction of sp³-hybridized carbons (Fsp3) is 0.450. The van der Waals surface area contributed by atoms with Crippen LogP contribution in [-0.2, 0) is 12.7 Å². The standard InChI is InChI=1S/C20H23F3N6/c1-12-9-28(10-15-7-5-4-6-8-15)11-16(12)24-17-13(2)14(3)18-25-26-19(20(21,22)23)29(18)27-17/h4-8,12,16H,9-11H2,1-3H3,(H,24,27). The molecule has 1 aliphatic rings. The minimum atomic E-state index is -4.61. The van der Waals surface area contributed by atoms with Gasteiger partial charge in [-0.05, 0) is 30.9 Å². The molecule has 1 aliphatic heterocycles. The molecule has 2 unspecified atom stereocenters. The lowest BCUT2D eigenvalue weighted by Gasteiger charge is -2.20. The number of anilines is 1. The third-order valence-electron chi connectivity index (χ3n) is 5.61. The van der Waals surface area contributed by atoms with Crippen LogP contribution in [0.5, 0.6) is 0 Å². The number of fused-ring (bicyclic) bond motifs is 1. The highest BCUT2D eigenvalue weighted by Gasteiger charge is 2.38. The Bertz CT molecular complexity index is 1010. The lowest BCUT2D eigenvalue weighted by molar-refractivity contribution is -0.146. The second-order valence-electron chi connectivity index (χ2n) is 7.76. The topological polar surface area (TPSA) is 58.4 Å². The van der Waals surface area contributed by atoms with Gasteiger partial charge in [0.05, 0.1) is 0 Å². The Balaban J connectivity index is 1.58. The number of aryl methyl sites for hydroxylation is 1. The third-order valence-corrected chi connectivity index (χ3v) is 5.61. The van der Waals surface area contributed by atoms with E-state index in [1.807, 2.05) is 25.1 Å². The van der Waals surface area contributed by atoms with Gasteiger partial charge in [0, 0.05) is 31.2 Å². The lowest BCUT2D eigenvalue weighted by atomic mass is 10.1. The average Bonchev–Trinajstić information content (AvgIpc) is 3.24. The van der Waals surface area contributed by atoms with Gasteiger partial charge in [-0.15, -0.1) is 15.3 Å². The van der Waals surface area contributed by atoms with Crippen LogP contribution in [-0.4, -0.2) is 43.8 Å². The van der Waals surface area contributed by atoms with Gasteiger partial charge in [0.1, 0.15) is 0 Å². The zero-order valence-electron chi connectivity index (χ0n) is 16.5. The molecule has 2 atom stereocenters. The molecule has 0 amide bonds. The first-order valence-corrected chi connectivity index (χ1v) is 9.56. The van der Waals surface area contributed by atoms with Gasteiger partial charge >= 0.3 is 6.18 Å². The molecule has 0 spiro atoms. The molecular weight excluding hydrogens is 381 g/mol. The van der Waals surface area contributed by atoms with Crippen molar-refractivity contribution in [1.82, 2.24) is 24.7 Å². The summed E-state index contributed by atoms with van der Waals surface area (Å²) in [5.41, 5.74) is 2.79. The molecular formula is C20H23F3N6. The maximum Gasteiger partial charge on any atom is 0.453 e. The summed E-state index contributed by atoms with van der Waals surface area (Å²) in [6.45, 7) is 8.27. The van der Waals surface area contributed by atoms with Crippen LogP contribution in [0.3, 0.4) is 0 Å². The molecule has 1 N–H and O–H groups in total. The molecule has 0 saturated carbocycles. The Morgan fingerprint density at radius 3 is 2.48 bits per heavy atom. The maximum atomic E-state index is 13.2. The Morgan fingerprint density at radius 1 is 1.07 bits per heavy atom. The average molecular weight is 404 g/mol. The molecule has 2 aromatic heterocycles. The fourth-order valence-electron chi connectivity index (χ4n) is 3.84. The van der Waals surface area contributed by atoms with Gasteiger partial charge in [-0.1, -0.05) is 37.3 Å². The monoisotopic (exact) mass is 404 g/mol. The van der Waals surface area contributed by atoms with E-state index in [-0.39, 0.29) is 11.7 Å². The first-order valence-electron chi connectivity index (χ1n) is 9.56. The fourth-order valence-corrected chi connectivity index (χ4v) is 3.84. The SMILES string of the molecule is Cc1c(NC2CN(Cc3ccccc3)CC2C)nn2c(C(F)(F)F)nnc2c1C. The van der Waals surface area contributed by atoms with Crippen LogP contribution >= 0.6 is 0 Å². The molecule has 1 aromatic carbocycles. The number of hydrogen-bond donors (Lipinski definition) is 1. The van der Waals surface area contributed by atoms with E-state index >= 15 is 0 Å². The first kappa shape index (κ1) is 19.6. The number of aromatic nitrogens is 4. The molecule has 29 heavy (non-hydrogen) atoms. The minimum Gasteiger partial charge on any atom is -0.364 e. The highest BCUT2D eigenvalue weighted by Crippen LogP contribution is 2.30. The van der Waals surface area contributed by atoms with Crippen LogP contribution in [0, 0.1) is 19.8 Å². The summed E-state index contributed by atoms with van der Waals surface area (Å²) >= 11 is 0. The number of rotatable bonds is 4. The highest BCUT2D eigenvalue weighted by molar-refractivity contribution is 5.58. The van der Waals surface area contributed by atoms with Crippen molar-refractivity contribution in [2.75, 3.05) is 18.4 Å². The molecule has 0 aliphatic carbocycles. The molecule has 3 heterocycles. The van der Waals surface area contributed by atoms with Crippen LogP contribution < -0.4 is 5.32 Å². The van der Waals surface area contributed by atoms with E-state index in [4.69, 9.17) is 0 Å². The Hall–Kier alpha value is -2.68. The van der Waals surface area contributed by atoms with Gasteiger partial charge in [-0.2, -0.15) is 17.7 Å². The molecule has 1 fully saturated rings. The van der Waals surface area contributed by atoms with Crippen molar-refractivity contribution in [1.29, 1.82) is 0 Å². The number of likely N-dealkylation sites (tertiary alicyclic amines) is 1. The molecule has 154 valence electrons. The van der Waals surface area contributed by atoms with E-state index < -0.39 is 12.0 Å². The van der Waals surface area contributed by atoms with E-state index in [1.54, 1.807) is 6.92 Å². The van der Waals surface area contributed by atoms with Gasteiger partial charge in [0.25, 0.3) is 5.82 Å². The third kappa shape index (κ3) is 3.78. The number of benzene rings is 1. The normalized spacial score (nSPS) is 20.5. The summed E-state index contributed by atoms with van der Waals surface area (Å²) in [7, 11) is 0. The van der Waals surface area contributed by atoms with Gasteiger partial charge in [0.2, 0.25) is 0 Å². The lowest BCUT2D eigenvalue weighted by Crippen LogP contribution is -2.29. The molecule has 0 bridgehead atoms. The van der Waals surface area contributed by atoms with E-state index in [2.05, 4.69) is 44.6 Å². The molecule has 0 radical (unpaired) electrons. The van der Waals surface area contributed by atoms with E-state index in [0.29, 0.717) is 17.3 Å². The maximum absolute atomic E-state index is 13.2. The van der Waals surface area contributed by atoms with Crippen LogP contribution in [0.2, 0.25) is 0 Å². The summed E-state index contributed by atoms with van der Waals surface area (Å²) in [5, 5.41) is 14.6. The second-order valence-corrected chi connectivity index (χ2v) is 7.76. The predicted molar refractivity (Wildman–Crippen MR) is 104 cm³/mol. The molecule has 4 rings (SSSR count). The van der Waals surface area contributed by atoms with Crippen molar-refractivity contribution < 1.29 is 13.2 Å². The van der Waals surface area contributed by atoms with Crippen LogP contribution in [0.25, 0.3) is 5.65 Å². The molecule has 3 aromatic rings. The minimum absolute atomic E-state index is 0.0904. The van der Waals surface area contributed by atoms with Crippen LogP contribution in [0.4, 0.5) is 19.0 Å². The van der Waals surface area contributed by atoms with Crippen molar-refractivity contribution in [3.05, 3.63) is 52.8 Å². The zero-order chi connectivity index (χ0) is 20.8. The number of hydrogen-bond acceptors (Lipinski definition) is 5. The van der Waals surface area contributed by atoms with Crippen molar-refractivity contribution in [3.63, 3.8) is 0 Å². The summed E-state index contributed by atoms with van der Waals surface area (Å²) in [6.07, 6.45) is -4.61. The molecule has 1 saturated heterocycles. The summed E-state index contributed by atoms with van der Waals surface area (Å²) in [6, 6.07) is 10.3. The number of halogens is 3. The quantitative estimate of drug-likeness (QED) is 0.719. The Labute approximate surface area is 166 Å². The highest BCUT2D eigenvalue weighted by atomic mass is 19.4. The van der Waals surface area contributed by atoms with E-state index in [0.717, 1.165) is 29.7 Å². The Morgan fingerprint density at radius 2 is 1.79 bits per heavy atom. The summed E-state index contributed by atoms with van der Waals surface area (Å²) in [5.74, 6) is -0.332. The van der Waals surface area contributed by atoms with Crippen molar-refractivity contribution in [2.24, 2.45) is 5.92 Å². The van der Waals surface area contributed by atoms with Gasteiger partial charge in [-0.3, -0.25) is 4.90 Å². The summed E-state index contributed by atoms with van der Waals surface area (Å²) in [4.78, 5) is 2.35. The van der Waals surface area contributed by atoms with Crippen LogP contribution in [0.1, 0.15) is 29.4 Å². The van der Waals surface area contributed by atoms with Crippen molar-refractivity contribution >= 4 is 11.5 Å². The van der Waals surface area contributed by atoms with E-state index in [9.17, 15) is 13.2 Å². The smallest absolute Gasteiger partial charge is 0.364 e. The van der Waals surface area contributed by atoms with Crippen molar-refractivity contribution in [3.8, 4) is 0 Å². The Kier molecular flexibility index (Phi) is 4.94. The zero-order valence-corrected chi connectivity index (χ0v) is 16.5. The van der Waals surface area contributed by atoms with Gasteiger partial charge in [0.15, 0.2) is 11.5 Å². The van der Waals surface area contributed by atoms with Crippen molar-refractivity contribution in [2.45, 2.75) is 39.5 Å². The second kappa shape index (κ2) is 7.29. The summed E-state index contributed by atoms with van der Waals surface area (Å²) < 4.78 is 40.5. The predicted octanol–water partition coefficient (Wildman–Crippen LogP) is 3.69. The largest absolute Gasteiger partial charge is 0.453 e. The van der Waals surface area contributed by atoms with E-state index in [1.165, 1.54) is 5.56 Å². The number of nitrogens with zero attached hydrogens (tertiary/aromatic N) is 5. The molecule has 6 nitrogen and oxygen atoms in total. The first-order chi connectivity index (χ1) is 13.7. The molecule has 9 heteroatoms.